The molecule has 0 aromatic heterocycles. The van der Waals surface area contributed by atoms with Crippen LogP contribution in [0.2, 0.25) is 0 Å². The van der Waals surface area contributed by atoms with Crippen molar-refractivity contribution in [2.24, 2.45) is 0 Å². The summed E-state index contributed by atoms with van der Waals surface area (Å²) < 4.78 is 15.8. The van der Waals surface area contributed by atoms with Crippen LogP contribution in [0.4, 0.5) is 0 Å². The maximum Gasteiger partial charge on any atom is 0.317 e. The minimum Gasteiger partial charge on any atom is -0.326 e. The molecule has 1 N–H and O–H groups in total. The van der Waals surface area contributed by atoms with E-state index in [4.69, 9.17) is 9.42 Å². The van der Waals surface area contributed by atoms with Gasteiger partial charge in [-0.2, -0.15) is 0 Å². The topological polar surface area (TPSA) is 46.5 Å². The third-order valence-corrected chi connectivity index (χ3v) is 5.97. The van der Waals surface area contributed by atoms with E-state index in [0.717, 1.165) is 12.8 Å². The van der Waals surface area contributed by atoms with Crippen LogP contribution < -0.4 is 0 Å². The highest BCUT2D eigenvalue weighted by molar-refractivity contribution is 7.32. The maximum atomic E-state index is 10.8. The van der Waals surface area contributed by atoms with Gasteiger partial charge in [0.25, 0.3) is 0 Å². The van der Waals surface area contributed by atoms with Gasteiger partial charge in [-0.25, -0.2) is 0 Å². The first kappa shape index (κ1) is 26.1. The molecule has 1 atom stereocenters. The van der Waals surface area contributed by atoms with Crippen LogP contribution in [-0.4, -0.2) is 10.5 Å². The van der Waals surface area contributed by atoms with E-state index in [0.29, 0.717) is 0 Å². The fourth-order valence-electron chi connectivity index (χ4n) is 3.56. The fraction of sp³-hybridized carbons (Fsp3) is 1.00. The first-order valence-corrected chi connectivity index (χ1v) is 12.7. The molecular weight excluding hydrogens is 343 g/mol. The summed E-state index contributed by atoms with van der Waals surface area (Å²) >= 11 is 0. The largest absolute Gasteiger partial charge is 0.326 e. The van der Waals surface area contributed by atoms with Gasteiger partial charge < -0.3 is 9.42 Å². The molecule has 1 unspecified atom stereocenters. The number of hydrogen-bond acceptors (Lipinski definition) is 2. The third kappa shape index (κ3) is 20.5. The predicted molar refractivity (Wildman–Crippen MR) is 115 cm³/mol. The van der Waals surface area contributed by atoms with Crippen molar-refractivity contribution in [1.82, 2.24) is 0 Å². The van der Waals surface area contributed by atoms with Crippen molar-refractivity contribution in [3.8, 4) is 0 Å². The van der Waals surface area contributed by atoms with Crippen LogP contribution >= 0.6 is 8.25 Å². The van der Waals surface area contributed by atoms with Crippen molar-refractivity contribution < 1.29 is 14.0 Å². The monoisotopic (exact) mass is 390 g/mol. The Morgan fingerprint density at radius 2 is 0.962 bits per heavy atom. The lowest BCUT2D eigenvalue weighted by Gasteiger charge is -2.23. The average Bonchev–Trinajstić information content (AvgIpc) is 2.56. The third-order valence-electron chi connectivity index (χ3n) is 5.25. The summed E-state index contributed by atoms with van der Waals surface area (Å²) in [6, 6.07) is 0. The average molecular weight is 391 g/mol. The van der Waals surface area contributed by atoms with Gasteiger partial charge >= 0.3 is 8.25 Å². The predicted octanol–water partition coefficient (Wildman–Crippen LogP) is 8.21. The summed E-state index contributed by atoms with van der Waals surface area (Å²) in [6.07, 6.45) is 24.2. The molecule has 0 aliphatic rings. The lowest BCUT2D eigenvalue weighted by molar-refractivity contribution is 0.0910. The van der Waals surface area contributed by atoms with E-state index in [-0.39, 0.29) is 0 Å². The molecule has 0 heterocycles. The second kappa shape index (κ2) is 18.5. The molecule has 0 radical (unpaired) electrons. The second-order valence-electron chi connectivity index (χ2n) is 8.53. The molecular formula is C22H47O3P. The molecule has 158 valence electrons. The molecule has 0 aliphatic heterocycles. The quantitative estimate of drug-likeness (QED) is 0.168. The number of hydrogen-bond donors (Lipinski definition) is 1. The van der Waals surface area contributed by atoms with Gasteiger partial charge in [0, 0.05) is 0 Å². The smallest absolute Gasteiger partial charge is 0.317 e. The summed E-state index contributed by atoms with van der Waals surface area (Å²) in [5, 5.41) is 0. The van der Waals surface area contributed by atoms with Crippen molar-refractivity contribution in [3.63, 3.8) is 0 Å². The Morgan fingerprint density at radius 3 is 1.27 bits per heavy atom. The van der Waals surface area contributed by atoms with Crippen LogP contribution in [0.15, 0.2) is 0 Å². The van der Waals surface area contributed by atoms with Crippen LogP contribution in [0, 0.1) is 0 Å². The Labute approximate surface area is 164 Å². The molecule has 0 aromatic rings. The van der Waals surface area contributed by atoms with Gasteiger partial charge in [0.05, 0.1) is 5.60 Å². The summed E-state index contributed by atoms with van der Waals surface area (Å²) in [5.41, 5.74) is -0.458. The maximum absolute atomic E-state index is 10.8. The van der Waals surface area contributed by atoms with E-state index in [9.17, 15) is 4.57 Å². The number of unbranched alkanes of at least 4 members (excludes halogenated alkanes) is 16. The Kier molecular flexibility index (Phi) is 18.6. The zero-order chi connectivity index (χ0) is 19.5. The molecule has 4 heteroatoms. The normalized spacial score (nSPS) is 13.2. The summed E-state index contributed by atoms with van der Waals surface area (Å²) in [5.74, 6) is 0. The Bertz CT molecular complexity index is 319. The molecule has 3 nitrogen and oxygen atoms in total. The first-order chi connectivity index (χ1) is 12.5. The SMILES string of the molecule is CCCCCCCCCCCCCCCCCCCC(C)(C)O[PH](=O)O. The molecule has 26 heavy (non-hydrogen) atoms. The molecule has 0 saturated carbocycles. The zero-order valence-electron chi connectivity index (χ0n) is 18.0. The molecule has 0 aliphatic carbocycles. The highest BCUT2D eigenvalue weighted by Crippen LogP contribution is 2.29. The zero-order valence-corrected chi connectivity index (χ0v) is 19.0. The van der Waals surface area contributed by atoms with Crippen molar-refractivity contribution >= 4 is 8.25 Å². The van der Waals surface area contributed by atoms with Gasteiger partial charge in [-0.1, -0.05) is 116 Å². The molecule has 0 fully saturated rings. The van der Waals surface area contributed by atoms with Crippen molar-refractivity contribution in [1.29, 1.82) is 0 Å². The van der Waals surface area contributed by atoms with Crippen LogP contribution in [0.5, 0.6) is 0 Å². The van der Waals surface area contributed by atoms with Crippen molar-refractivity contribution in [2.75, 3.05) is 0 Å². The Hall–Kier alpha value is 0.150. The fourth-order valence-corrected chi connectivity index (χ4v) is 4.14. The van der Waals surface area contributed by atoms with Crippen LogP contribution in [-0.2, 0) is 9.09 Å². The van der Waals surface area contributed by atoms with Gasteiger partial charge in [-0.3, -0.25) is 4.57 Å². The lowest BCUT2D eigenvalue weighted by atomic mass is 9.99. The van der Waals surface area contributed by atoms with Gasteiger partial charge in [0.1, 0.15) is 0 Å². The summed E-state index contributed by atoms with van der Waals surface area (Å²) in [4.78, 5) is 8.86. The molecule has 0 bridgehead atoms. The van der Waals surface area contributed by atoms with E-state index in [2.05, 4.69) is 6.92 Å². The van der Waals surface area contributed by atoms with Gasteiger partial charge in [0.15, 0.2) is 0 Å². The van der Waals surface area contributed by atoms with Crippen LogP contribution in [0.25, 0.3) is 0 Å². The van der Waals surface area contributed by atoms with E-state index in [1.807, 2.05) is 13.8 Å². The van der Waals surface area contributed by atoms with Crippen LogP contribution in [0.3, 0.4) is 0 Å². The van der Waals surface area contributed by atoms with E-state index < -0.39 is 13.9 Å². The molecule has 0 aromatic carbocycles. The first-order valence-electron chi connectivity index (χ1n) is 11.4. The van der Waals surface area contributed by atoms with Gasteiger partial charge in [-0.15, -0.1) is 0 Å². The van der Waals surface area contributed by atoms with Crippen LogP contribution in [0.1, 0.15) is 136 Å². The highest BCUT2D eigenvalue weighted by atomic mass is 31.1. The van der Waals surface area contributed by atoms with Crippen molar-refractivity contribution in [3.05, 3.63) is 0 Å². The highest BCUT2D eigenvalue weighted by Gasteiger charge is 2.19. The lowest BCUT2D eigenvalue weighted by Crippen LogP contribution is -2.20. The Morgan fingerprint density at radius 1 is 0.654 bits per heavy atom. The summed E-state index contributed by atoms with van der Waals surface area (Å²) in [6.45, 7) is 6.08. The van der Waals surface area contributed by atoms with E-state index in [1.54, 1.807) is 0 Å². The minimum absolute atomic E-state index is 0.458. The van der Waals surface area contributed by atoms with E-state index >= 15 is 0 Å². The van der Waals surface area contributed by atoms with Crippen molar-refractivity contribution in [2.45, 2.75) is 142 Å². The van der Waals surface area contributed by atoms with Gasteiger partial charge in [0.2, 0.25) is 0 Å². The number of rotatable bonds is 20. The molecule has 0 saturated heterocycles. The summed E-state index contributed by atoms with van der Waals surface area (Å²) in [7, 11) is -2.81. The molecule has 0 rings (SSSR count). The molecule has 0 spiro atoms. The van der Waals surface area contributed by atoms with E-state index in [1.165, 1.54) is 103 Å². The Balaban J connectivity index is 3.17. The molecule has 0 amide bonds. The standard InChI is InChI=1S/C22H47O3P/c1-4-5-6-7-8-9-10-11-12-13-14-15-16-17-18-19-20-21-22(2,3)25-26(23)24/h26H,4-21H2,1-3H3,(H,23,24). The minimum atomic E-state index is -2.81. The van der Waals surface area contributed by atoms with Gasteiger partial charge in [-0.05, 0) is 20.3 Å². The second-order valence-corrected chi connectivity index (χ2v) is 9.27.